The topological polar surface area (TPSA) is 6.48 Å². The third-order valence-corrected chi connectivity index (χ3v) is 5.64. The molecule has 0 saturated carbocycles. The summed E-state index contributed by atoms with van der Waals surface area (Å²) >= 11 is 4.60. The van der Waals surface area contributed by atoms with E-state index in [-0.39, 0.29) is 0 Å². The molecule has 0 fully saturated rings. The van der Waals surface area contributed by atoms with Crippen molar-refractivity contribution in [3.8, 4) is 0 Å². The molecule has 17 heavy (non-hydrogen) atoms. The maximum Gasteiger partial charge on any atom is 0.438 e. The number of hydrogen-bond donors (Lipinski definition) is 0. The quantitative estimate of drug-likeness (QED) is 0.502. The lowest BCUT2D eigenvalue weighted by atomic mass is 10.2. The number of hydrogen-bond acceptors (Lipinski definition) is 2. The fourth-order valence-electron chi connectivity index (χ4n) is 1.59. The van der Waals surface area contributed by atoms with Crippen LogP contribution in [0.4, 0.5) is 24.5 Å². The van der Waals surface area contributed by atoms with Crippen molar-refractivity contribution in [1.29, 1.82) is 0 Å². The average Bonchev–Trinajstić information content (AvgIpc) is 2.21. The lowest BCUT2D eigenvalue weighted by molar-refractivity contribution is -0.0570. The van der Waals surface area contributed by atoms with Crippen molar-refractivity contribution in [3.05, 3.63) is 23.2 Å². The molecule has 0 N–H and O–H groups in total. The van der Waals surface area contributed by atoms with Crippen LogP contribution >= 0.6 is 32.6 Å². The second kappa shape index (κ2) is 4.31. The van der Waals surface area contributed by atoms with E-state index < -0.39 is 30.8 Å². The molecule has 0 unspecified atom stereocenters. The van der Waals surface area contributed by atoms with Gasteiger partial charge in [0.15, 0.2) is 3.63 Å². The smallest absolute Gasteiger partial charge is 0.333 e. The normalized spacial score (nSPS) is 16.2. The van der Waals surface area contributed by atoms with Crippen molar-refractivity contribution in [2.45, 2.75) is 6.18 Å². The van der Waals surface area contributed by atoms with Gasteiger partial charge in [0.05, 0.1) is 11.4 Å². The van der Waals surface area contributed by atoms with E-state index >= 15 is 0 Å². The second-order valence-corrected chi connectivity index (χ2v) is 6.93. The molecular weight excluding hydrogens is 367 g/mol. The Bertz CT molecular complexity index is 487. The summed E-state index contributed by atoms with van der Waals surface area (Å²) in [6.45, 7) is 0. The fourth-order valence-corrected chi connectivity index (χ4v) is 3.95. The van der Waals surface area contributed by atoms with Gasteiger partial charge in [0.1, 0.15) is 0 Å². The van der Waals surface area contributed by atoms with Gasteiger partial charge in [-0.05, 0) is 18.2 Å². The highest BCUT2D eigenvalue weighted by atomic mass is 127. The number of benzene rings is 1. The monoisotopic (exact) mass is 376 g/mol. The minimum absolute atomic E-state index is 0.464. The van der Waals surface area contributed by atoms with Gasteiger partial charge in [-0.15, -0.1) is 0 Å². The van der Waals surface area contributed by atoms with Crippen molar-refractivity contribution in [1.82, 2.24) is 0 Å². The Hall–Kier alpha value is -0.500. The van der Waals surface area contributed by atoms with E-state index in [1.165, 1.54) is 11.9 Å². The highest BCUT2D eigenvalue weighted by molar-refractivity contribution is 14.2. The summed E-state index contributed by atoms with van der Waals surface area (Å²) in [4.78, 5) is 1.22. The highest BCUT2D eigenvalue weighted by Crippen LogP contribution is 2.42. The van der Waals surface area contributed by atoms with Crippen LogP contribution in [0.1, 0.15) is 0 Å². The zero-order valence-corrected chi connectivity index (χ0v) is 11.9. The number of halogens is 5. The van der Waals surface area contributed by atoms with Gasteiger partial charge < -0.3 is 8.01 Å². The van der Waals surface area contributed by atoms with Crippen LogP contribution in [0.3, 0.4) is 0 Å². The summed E-state index contributed by atoms with van der Waals surface area (Å²) in [5.74, 6) is 0. The van der Waals surface area contributed by atoms with Gasteiger partial charge in [0.2, 0.25) is 0 Å². The van der Waals surface area contributed by atoms with Gasteiger partial charge in [-0.25, -0.2) is 0 Å². The highest BCUT2D eigenvalue weighted by Gasteiger charge is 2.41. The SMILES string of the molecule is CN1I=C(C(F)(F)F)N(C)c2ccc(Cl)cc21. The summed E-state index contributed by atoms with van der Waals surface area (Å²) in [5.41, 5.74) is 1.29. The van der Waals surface area contributed by atoms with Crippen LogP contribution in [-0.2, 0) is 0 Å². The standard InChI is InChI=1S/C10H9ClF3IN2/c1-16-7-4-3-6(11)5-8(7)17(2)15-9(16)10(12,13)14/h3-5H,1-2H3. The molecule has 1 aromatic carbocycles. The Balaban J connectivity index is 2.53. The molecule has 0 radical (unpaired) electrons. The van der Waals surface area contributed by atoms with Crippen molar-refractivity contribution in [2.24, 2.45) is 0 Å². The first-order chi connectivity index (χ1) is 7.80. The summed E-state index contributed by atoms with van der Waals surface area (Å²) < 4.78 is 39.7. The van der Waals surface area contributed by atoms with E-state index in [2.05, 4.69) is 0 Å². The Morgan fingerprint density at radius 1 is 1.18 bits per heavy atom. The summed E-state index contributed by atoms with van der Waals surface area (Å²) in [6.07, 6.45) is -4.27. The van der Waals surface area contributed by atoms with E-state index in [0.29, 0.717) is 10.7 Å². The predicted molar refractivity (Wildman–Crippen MR) is 73.3 cm³/mol. The Labute approximate surface area is 112 Å². The number of nitrogens with zero attached hydrogens (tertiary/aromatic N) is 2. The first-order valence-electron chi connectivity index (χ1n) is 4.67. The minimum atomic E-state index is -4.27. The van der Waals surface area contributed by atoms with Crippen LogP contribution in [0.2, 0.25) is 5.02 Å². The third kappa shape index (κ3) is 2.37. The Morgan fingerprint density at radius 3 is 2.41 bits per heavy atom. The predicted octanol–water partition coefficient (Wildman–Crippen LogP) is 3.80. The van der Waals surface area contributed by atoms with Crippen molar-refractivity contribution in [2.75, 3.05) is 22.1 Å². The van der Waals surface area contributed by atoms with Crippen LogP contribution < -0.4 is 8.01 Å². The van der Waals surface area contributed by atoms with Crippen LogP contribution in [0.25, 0.3) is 0 Å². The van der Waals surface area contributed by atoms with E-state index in [1.807, 2.05) is 0 Å². The number of fused-ring (bicyclic) bond motifs is 1. The molecule has 0 saturated heterocycles. The molecule has 1 aliphatic rings. The summed E-state index contributed by atoms with van der Waals surface area (Å²) in [7, 11) is 3.11. The molecule has 0 spiro atoms. The lowest BCUT2D eigenvalue weighted by Gasteiger charge is -2.33. The lowest BCUT2D eigenvalue weighted by Crippen LogP contribution is -2.40. The maximum absolute atomic E-state index is 12.8. The molecule has 2 nitrogen and oxygen atoms in total. The van der Waals surface area contributed by atoms with Crippen molar-refractivity contribution < 1.29 is 13.2 Å². The summed E-state index contributed by atoms with van der Waals surface area (Å²) in [6, 6.07) is 4.91. The zero-order chi connectivity index (χ0) is 12.8. The van der Waals surface area contributed by atoms with E-state index in [9.17, 15) is 13.2 Å². The molecule has 1 aliphatic heterocycles. The van der Waals surface area contributed by atoms with E-state index in [0.717, 1.165) is 5.69 Å². The molecule has 0 bridgehead atoms. The van der Waals surface area contributed by atoms with Gasteiger partial charge in [-0.3, -0.25) is 0 Å². The van der Waals surface area contributed by atoms with Gasteiger partial charge in [0, 0.05) is 40.1 Å². The second-order valence-electron chi connectivity index (χ2n) is 3.54. The van der Waals surface area contributed by atoms with Gasteiger partial charge >= 0.3 is 6.18 Å². The van der Waals surface area contributed by atoms with Crippen LogP contribution in [0.15, 0.2) is 18.2 Å². The van der Waals surface area contributed by atoms with Crippen molar-refractivity contribution in [3.63, 3.8) is 0 Å². The minimum Gasteiger partial charge on any atom is -0.333 e. The molecule has 2 rings (SSSR count). The van der Waals surface area contributed by atoms with Crippen molar-refractivity contribution >= 4 is 47.6 Å². The molecule has 1 aromatic rings. The largest absolute Gasteiger partial charge is 0.438 e. The average molecular weight is 377 g/mol. The number of anilines is 2. The zero-order valence-electron chi connectivity index (χ0n) is 9.02. The maximum atomic E-state index is 12.8. The molecule has 0 aromatic heterocycles. The molecule has 94 valence electrons. The Morgan fingerprint density at radius 2 is 1.82 bits per heavy atom. The van der Waals surface area contributed by atoms with Gasteiger partial charge in [-0.1, -0.05) is 11.6 Å². The molecule has 0 amide bonds. The first-order valence-corrected chi connectivity index (χ1v) is 7.09. The Kier molecular flexibility index (Phi) is 3.28. The fraction of sp³-hybridized carbons (Fsp3) is 0.300. The third-order valence-electron chi connectivity index (χ3n) is 2.37. The van der Waals surface area contributed by atoms with Gasteiger partial charge in [0.25, 0.3) is 0 Å². The van der Waals surface area contributed by atoms with E-state index in [4.69, 9.17) is 11.6 Å². The number of alkyl halides is 3. The van der Waals surface area contributed by atoms with Gasteiger partial charge in [-0.2, -0.15) is 13.2 Å². The first kappa shape index (κ1) is 12.9. The molecular formula is C10H9ClF3IN2. The summed E-state index contributed by atoms with van der Waals surface area (Å²) in [5, 5.41) is 0.531. The molecule has 0 atom stereocenters. The van der Waals surface area contributed by atoms with Crippen LogP contribution in [0.5, 0.6) is 0 Å². The molecule has 1 heterocycles. The van der Waals surface area contributed by atoms with Crippen LogP contribution in [-0.4, -0.2) is 23.9 Å². The number of rotatable bonds is 0. The van der Waals surface area contributed by atoms with E-state index in [1.54, 1.807) is 28.4 Å². The molecule has 0 aliphatic carbocycles. The van der Waals surface area contributed by atoms with Crippen LogP contribution in [0, 0.1) is 0 Å². The molecule has 7 heteroatoms.